The molecule has 1 amide bonds. The smallest absolute Gasteiger partial charge is 0.418 e. The molecular formula is C27H22FN3O7. The van der Waals surface area contributed by atoms with Gasteiger partial charge in [-0.1, -0.05) is 12.1 Å². The van der Waals surface area contributed by atoms with Gasteiger partial charge in [-0.25, -0.2) is 23.3 Å². The molecule has 0 fully saturated rings. The van der Waals surface area contributed by atoms with Crippen molar-refractivity contribution in [3.8, 4) is 17.0 Å². The predicted octanol–water partition coefficient (Wildman–Crippen LogP) is 4.99. The molecule has 0 unspecified atom stereocenters. The first-order chi connectivity index (χ1) is 18.3. The number of hydrogen-bond donors (Lipinski definition) is 1. The van der Waals surface area contributed by atoms with Gasteiger partial charge in [0.15, 0.2) is 17.0 Å². The van der Waals surface area contributed by atoms with Gasteiger partial charge in [0.05, 0.1) is 35.7 Å². The number of ether oxygens (including phenoxy) is 3. The number of halogens is 1. The lowest BCUT2D eigenvalue weighted by Crippen LogP contribution is -2.21. The van der Waals surface area contributed by atoms with E-state index in [4.69, 9.17) is 14.2 Å². The number of pyridine rings is 2. The van der Waals surface area contributed by atoms with Crippen molar-refractivity contribution < 1.29 is 33.0 Å². The first-order valence-corrected chi connectivity index (χ1v) is 11.6. The molecule has 4 aromatic rings. The van der Waals surface area contributed by atoms with E-state index in [0.29, 0.717) is 0 Å². The number of nitrogens with one attached hydrogen (secondary N) is 1. The van der Waals surface area contributed by atoms with Gasteiger partial charge in [-0.15, -0.1) is 0 Å². The Labute approximate surface area is 215 Å². The number of nitrogens with zero attached hydrogens (tertiary/aromatic N) is 2. The second-order valence-corrected chi connectivity index (χ2v) is 7.75. The summed E-state index contributed by atoms with van der Waals surface area (Å²) in [6.07, 6.45) is 0.989. The molecule has 38 heavy (non-hydrogen) atoms. The van der Waals surface area contributed by atoms with Gasteiger partial charge < -0.3 is 14.2 Å². The Morgan fingerprint density at radius 2 is 1.76 bits per heavy atom. The number of fused-ring (bicyclic) bond motifs is 1. The van der Waals surface area contributed by atoms with Crippen LogP contribution in [-0.2, 0) is 9.47 Å². The second kappa shape index (κ2) is 11.3. The zero-order valence-corrected chi connectivity index (χ0v) is 20.4. The van der Waals surface area contributed by atoms with Crippen LogP contribution in [0, 0.1) is 5.82 Å². The van der Waals surface area contributed by atoms with Gasteiger partial charge in [-0.05, 0) is 44.2 Å². The number of para-hydroxylation sites is 1. The first kappa shape index (κ1) is 26.0. The highest BCUT2D eigenvalue weighted by Gasteiger charge is 2.23. The van der Waals surface area contributed by atoms with E-state index in [0.717, 1.165) is 22.8 Å². The Bertz CT molecular complexity index is 1590. The molecule has 2 heterocycles. The Balaban J connectivity index is 1.92. The lowest BCUT2D eigenvalue weighted by atomic mass is 10.0. The fourth-order valence-electron chi connectivity index (χ4n) is 3.72. The molecule has 0 atom stereocenters. The zero-order chi connectivity index (χ0) is 27.2. The summed E-state index contributed by atoms with van der Waals surface area (Å²) in [5.41, 5.74) is -0.391. The number of hydrogen-bond acceptors (Lipinski definition) is 8. The molecule has 11 heteroatoms. The summed E-state index contributed by atoms with van der Waals surface area (Å²) in [6, 6.07) is 12.4. The van der Waals surface area contributed by atoms with E-state index in [2.05, 4.69) is 10.3 Å². The maximum atomic E-state index is 15.3. The molecule has 0 bridgehead atoms. The van der Waals surface area contributed by atoms with Crippen molar-refractivity contribution in [2.45, 2.75) is 13.8 Å². The van der Waals surface area contributed by atoms with Crippen LogP contribution in [0.25, 0.3) is 22.2 Å². The molecule has 10 nitrogen and oxygen atoms in total. The fourth-order valence-corrected chi connectivity index (χ4v) is 3.72. The van der Waals surface area contributed by atoms with Crippen LogP contribution < -0.4 is 15.5 Å². The minimum atomic E-state index is -0.998. The average Bonchev–Trinajstić information content (AvgIpc) is 2.91. The average molecular weight is 519 g/mol. The van der Waals surface area contributed by atoms with Crippen molar-refractivity contribution >= 4 is 34.7 Å². The van der Waals surface area contributed by atoms with Gasteiger partial charge >= 0.3 is 18.2 Å². The lowest BCUT2D eigenvalue weighted by molar-refractivity contribution is 0.0727. The Hall–Kier alpha value is -5.06. The summed E-state index contributed by atoms with van der Waals surface area (Å²) in [5.74, 6) is -2.40. The molecule has 0 spiro atoms. The first-order valence-electron chi connectivity index (χ1n) is 11.6. The van der Waals surface area contributed by atoms with Crippen LogP contribution in [0.5, 0.6) is 5.75 Å². The molecule has 2 aromatic heterocycles. The molecule has 0 aliphatic heterocycles. The van der Waals surface area contributed by atoms with E-state index < -0.39 is 35.2 Å². The van der Waals surface area contributed by atoms with E-state index in [1.807, 2.05) is 0 Å². The topological polar surface area (TPSA) is 126 Å². The highest BCUT2D eigenvalue weighted by molar-refractivity contribution is 5.98. The van der Waals surface area contributed by atoms with Gasteiger partial charge in [0.1, 0.15) is 0 Å². The standard InChI is InChI=1S/C27H22FN3O7/c1-3-36-26(34)30-20-13-24(38-25(33)16-8-7-11-29-15-16)19(28)12-18(20)22-14-23(32)17-9-5-6-10-21(17)31(22)27(35)37-4-2/h5-15H,3-4H2,1-2H3,(H,30,34). The largest absolute Gasteiger partial charge is 0.450 e. The number of carbonyl (C=O) groups excluding carboxylic acids is 3. The van der Waals surface area contributed by atoms with Crippen molar-refractivity contribution in [1.29, 1.82) is 0 Å². The zero-order valence-electron chi connectivity index (χ0n) is 20.4. The van der Waals surface area contributed by atoms with Crippen molar-refractivity contribution in [1.82, 2.24) is 9.55 Å². The quantitative estimate of drug-likeness (QED) is 0.279. The van der Waals surface area contributed by atoms with E-state index in [1.54, 1.807) is 26.0 Å². The van der Waals surface area contributed by atoms with Gasteiger partial charge in [0.2, 0.25) is 0 Å². The van der Waals surface area contributed by atoms with E-state index in [9.17, 15) is 19.2 Å². The molecule has 0 saturated carbocycles. The third kappa shape index (κ3) is 5.36. The van der Waals surface area contributed by atoms with E-state index >= 15 is 4.39 Å². The Morgan fingerprint density at radius 3 is 2.47 bits per heavy atom. The van der Waals surface area contributed by atoms with Crippen molar-refractivity contribution in [3.63, 3.8) is 0 Å². The van der Waals surface area contributed by atoms with Crippen LogP contribution in [0.15, 0.2) is 71.8 Å². The summed E-state index contributed by atoms with van der Waals surface area (Å²) < 4.78 is 31.8. The SMILES string of the molecule is CCOC(=O)Nc1cc(OC(=O)c2cccnc2)c(F)cc1-c1cc(=O)c2ccccc2n1C(=O)OCC. The fraction of sp³-hybridized carbons (Fsp3) is 0.148. The molecule has 0 saturated heterocycles. The number of carbonyl (C=O) groups is 3. The maximum Gasteiger partial charge on any atom is 0.418 e. The monoisotopic (exact) mass is 519 g/mol. The van der Waals surface area contributed by atoms with Gasteiger partial charge in [-0.2, -0.15) is 0 Å². The second-order valence-electron chi connectivity index (χ2n) is 7.75. The third-order valence-electron chi connectivity index (χ3n) is 5.33. The van der Waals surface area contributed by atoms with Crippen LogP contribution in [0.1, 0.15) is 24.2 Å². The Kier molecular flexibility index (Phi) is 7.76. The van der Waals surface area contributed by atoms with Crippen LogP contribution in [0.3, 0.4) is 0 Å². The Morgan fingerprint density at radius 1 is 1.00 bits per heavy atom. The molecule has 0 aliphatic carbocycles. The highest BCUT2D eigenvalue weighted by atomic mass is 19.1. The van der Waals surface area contributed by atoms with Crippen molar-refractivity contribution in [3.05, 3.63) is 88.6 Å². The van der Waals surface area contributed by atoms with Gasteiger partial charge in [0.25, 0.3) is 0 Å². The molecular weight excluding hydrogens is 497 g/mol. The summed E-state index contributed by atoms with van der Waals surface area (Å²) in [5, 5.41) is 2.69. The molecule has 4 rings (SSSR count). The molecule has 194 valence electrons. The maximum absolute atomic E-state index is 15.3. The summed E-state index contributed by atoms with van der Waals surface area (Å²) in [6.45, 7) is 3.27. The van der Waals surface area contributed by atoms with Crippen LogP contribution in [0.4, 0.5) is 19.7 Å². The number of rotatable bonds is 6. The molecule has 1 N–H and O–H groups in total. The minimum Gasteiger partial charge on any atom is -0.450 e. The van der Waals surface area contributed by atoms with E-state index in [1.165, 1.54) is 36.7 Å². The number of anilines is 1. The number of benzene rings is 2. The molecule has 0 radical (unpaired) electrons. The molecule has 2 aromatic carbocycles. The molecule has 0 aliphatic rings. The number of esters is 1. The predicted molar refractivity (Wildman–Crippen MR) is 136 cm³/mol. The van der Waals surface area contributed by atoms with E-state index in [-0.39, 0.29) is 46.6 Å². The summed E-state index contributed by atoms with van der Waals surface area (Å²) in [7, 11) is 0. The van der Waals surface area contributed by atoms with Crippen LogP contribution in [0.2, 0.25) is 0 Å². The normalized spacial score (nSPS) is 10.6. The van der Waals surface area contributed by atoms with Crippen molar-refractivity contribution in [2.24, 2.45) is 0 Å². The van der Waals surface area contributed by atoms with Crippen LogP contribution in [-0.4, -0.2) is 40.9 Å². The van der Waals surface area contributed by atoms with Gasteiger partial charge in [-0.3, -0.25) is 15.1 Å². The third-order valence-corrected chi connectivity index (χ3v) is 5.33. The minimum absolute atomic E-state index is 0.0320. The van der Waals surface area contributed by atoms with Crippen molar-refractivity contribution in [2.75, 3.05) is 18.5 Å². The highest BCUT2D eigenvalue weighted by Crippen LogP contribution is 2.35. The van der Waals surface area contributed by atoms with Gasteiger partial charge in [0, 0.05) is 35.5 Å². The summed E-state index contributed by atoms with van der Waals surface area (Å²) >= 11 is 0. The summed E-state index contributed by atoms with van der Waals surface area (Å²) in [4.78, 5) is 54.6. The number of aromatic nitrogens is 2. The van der Waals surface area contributed by atoms with Crippen LogP contribution >= 0.6 is 0 Å². The lowest BCUT2D eigenvalue weighted by Gasteiger charge is -2.19. The number of amides is 1.